The van der Waals surface area contributed by atoms with Gasteiger partial charge in [0.05, 0.1) is 30.2 Å². The van der Waals surface area contributed by atoms with Crippen LogP contribution in [0.4, 0.5) is 13.6 Å². The van der Waals surface area contributed by atoms with Crippen LogP contribution < -0.4 is 10.0 Å². The Morgan fingerprint density at radius 3 is 2.41 bits per heavy atom. The molecule has 1 fully saturated rings. The Bertz CT molecular complexity index is 1080. The highest BCUT2D eigenvalue weighted by molar-refractivity contribution is 8.66. The number of carbonyl (C=O) groups is 1. The molecule has 0 bridgehead atoms. The summed E-state index contributed by atoms with van der Waals surface area (Å²) in [4.78, 5) is 17.3. The number of nitrogens with one attached hydrogen (secondary N) is 2. The van der Waals surface area contributed by atoms with Gasteiger partial charge in [0.25, 0.3) is 10.4 Å². The fraction of sp³-hybridized carbons (Fsp3) is 0.708. The van der Waals surface area contributed by atoms with Crippen LogP contribution in [0, 0.1) is 5.92 Å². The minimum absolute atomic E-state index is 0.234. The number of amides is 1. The van der Waals surface area contributed by atoms with Gasteiger partial charge in [-0.1, -0.05) is 4.72 Å². The number of ether oxygens (including phenoxy) is 1. The lowest BCUT2D eigenvalue weighted by molar-refractivity contribution is -0.0500. The number of nitrogens with zero attached hydrogens (tertiary/aromatic N) is 3. The van der Waals surface area contributed by atoms with Gasteiger partial charge in [-0.15, -0.1) is 0 Å². The number of alkyl carbamates (subject to hydrolysis) is 1. The van der Waals surface area contributed by atoms with Crippen LogP contribution in [0.5, 0.6) is 0 Å². The first-order valence-electron chi connectivity index (χ1n) is 12.3. The maximum atomic E-state index is 13.8. The molecule has 1 aliphatic carbocycles. The molecule has 208 valence electrons. The van der Waals surface area contributed by atoms with Gasteiger partial charge < -0.3 is 19.2 Å². The van der Waals surface area contributed by atoms with Gasteiger partial charge in [0.2, 0.25) is 5.92 Å². The summed E-state index contributed by atoms with van der Waals surface area (Å²) in [7, 11) is -3.39. The Labute approximate surface area is 222 Å². The zero-order chi connectivity index (χ0) is 27.8. The van der Waals surface area contributed by atoms with Gasteiger partial charge in [-0.3, -0.25) is 0 Å². The number of rotatable bonds is 7. The third kappa shape index (κ3) is 8.16. The summed E-state index contributed by atoms with van der Waals surface area (Å²) in [5.41, 5.74) is 0.923. The molecule has 9 nitrogen and oxygen atoms in total. The molecule has 1 aliphatic rings. The Hall–Kier alpha value is -1.67. The summed E-state index contributed by atoms with van der Waals surface area (Å²) >= 11 is 0. The molecule has 3 rings (SSSR count). The fourth-order valence-electron chi connectivity index (χ4n) is 4.04. The molecular weight excluding hydrogens is 524 g/mol. The van der Waals surface area contributed by atoms with Crippen molar-refractivity contribution in [1.82, 2.24) is 24.6 Å². The summed E-state index contributed by atoms with van der Waals surface area (Å²) in [5.74, 6) is -2.95. The van der Waals surface area contributed by atoms with Gasteiger partial charge in [0, 0.05) is 12.8 Å². The minimum Gasteiger partial charge on any atom is -0.569 e. The number of alkyl halides is 2. The van der Waals surface area contributed by atoms with Crippen molar-refractivity contribution in [1.29, 1.82) is 0 Å². The van der Waals surface area contributed by atoms with E-state index in [-0.39, 0.29) is 31.6 Å². The Morgan fingerprint density at radius 2 is 1.84 bits per heavy atom. The molecule has 2 N–H and O–H groups in total. The highest BCUT2D eigenvalue weighted by atomic mass is 33.2. The third-order valence-electron chi connectivity index (χ3n) is 5.99. The molecule has 37 heavy (non-hydrogen) atoms. The van der Waals surface area contributed by atoms with E-state index in [1.807, 2.05) is 0 Å². The van der Waals surface area contributed by atoms with Crippen LogP contribution in [-0.2, 0) is 25.3 Å². The van der Waals surface area contributed by atoms with E-state index in [2.05, 4.69) is 20.1 Å². The first-order valence-corrected chi connectivity index (χ1v) is 15.1. The number of aromatic nitrogens is 3. The Morgan fingerprint density at radius 1 is 1.22 bits per heavy atom. The molecular formula is C24H37F2N5O4S2. The van der Waals surface area contributed by atoms with Gasteiger partial charge in [-0.25, -0.2) is 23.1 Å². The van der Waals surface area contributed by atoms with Gasteiger partial charge in [0.15, 0.2) is 20.6 Å². The monoisotopic (exact) mass is 561 g/mol. The van der Waals surface area contributed by atoms with Gasteiger partial charge in [-0.2, -0.15) is 5.10 Å². The molecule has 1 saturated carbocycles. The number of halogens is 2. The van der Waals surface area contributed by atoms with Crippen molar-refractivity contribution in [2.24, 2.45) is 5.92 Å². The van der Waals surface area contributed by atoms with Crippen LogP contribution in [-0.4, -0.2) is 46.1 Å². The quantitative estimate of drug-likeness (QED) is 0.364. The lowest BCUT2D eigenvalue weighted by atomic mass is 9.81. The average Bonchev–Trinajstić information content (AvgIpc) is 3.18. The summed E-state index contributed by atoms with van der Waals surface area (Å²) < 4.78 is 61.8. The number of hydrogen-bond acceptors (Lipinski definition) is 7. The number of imidazole rings is 1. The minimum atomic E-state index is -2.71. The molecule has 0 saturated heterocycles. The van der Waals surface area contributed by atoms with Crippen molar-refractivity contribution < 1.29 is 27.4 Å². The summed E-state index contributed by atoms with van der Waals surface area (Å²) in [6.45, 7) is 12.3. The summed E-state index contributed by atoms with van der Waals surface area (Å²) in [6.07, 6.45) is 2.57. The summed E-state index contributed by atoms with van der Waals surface area (Å²) in [5, 5.41) is 7.23. The first kappa shape index (κ1) is 29.9. The molecule has 2 unspecified atom stereocenters. The van der Waals surface area contributed by atoms with Crippen LogP contribution in [0.25, 0.3) is 5.65 Å². The SMILES string of the molecule is C[C@H](N[S+]([O-])[S+]([O-])C(C)(C)C)c1cnn2cc([C@@H](NC(=O)OC(C)(C)C)C3CCC(F)(F)CC3)nc2c1. The predicted octanol–water partition coefficient (Wildman–Crippen LogP) is 4.90. The van der Waals surface area contributed by atoms with Crippen molar-refractivity contribution in [2.45, 2.75) is 103 Å². The van der Waals surface area contributed by atoms with Gasteiger partial charge in [0.1, 0.15) is 5.60 Å². The topological polar surface area (TPSA) is 127 Å². The van der Waals surface area contributed by atoms with E-state index in [0.29, 0.717) is 16.9 Å². The molecule has 0 spiro atoms. The smallest absolute Gasteiger partial charge is 0.408 e. The van der Waals surface area contributed by atoms with E-state index in [1.54, 1.807) is 66.9 Å². The molecule has 1 amide bonds. The van der Waals surface area contributed by atoms with E-state index < -0.39 is 55.0 Å². The normalized spacial score (nSPS) is 20.3. The van der Waals surface area contributed by atoms with Crippen LogP contribution in [0.3, 0.4) is 0 Å². The van der Waals surface area contributed by atoms with Crippen molar-refractivity contribution in [2.75, 3.05) is 0 Å². The van der Waals surface area contributed by atoms with Crippen LogP contribution >= 0.6 is 0 Å². The van der Waals surface area contributed by atoms with E-state index >= 15 is 0 Å². The Kier molecular flexibility index (Phi) is 9.05. The third-order valence-corrected chi connectivity index (χ3v) is 10.4. The van der Waals surface area contributed by atoms with Crippen molar-refractivity contribution >= 4 is 32.3 Å². The molecule has 0 aromatic carbocycles. The molecule has 2 aromatic rings. The fourth-order valence-corrected chi connectivity index (χ4v) is 7.07. The van der Waals surface area contributed by atoms with Crippen molar-refractivity contribution in [3.63, 3.8) is 0 Å². The Balaban J connectivity index is 1.84. The highest BCUT2D eigenvalue weighted by Crippen LogP contribution is 2.41. The second kappa shape index (κ2) is 11.2. The number of carbonyl (C=O) groups excluding carboxylic acids is 1. The second-order valence-corrected chi connectivity index (χ2v) is 15.7. The standard InChI is InChI=1S/C24H37F2N5O4S2/c1-15(30-37(34)36(33)23(5,6)7)17-12-19-28-18(14-31(19)27-13-17)20(29-21(32)35-22(2,3)4)16-8-10-24(25,26)11-9-16/h12-16,20,30H,8-11H2,1-7H3,(H,29,32)/t15-,20-,36?,37?/m0/s1. The summed E-state index contributed by atoms with van der Waals surface area (Å²) in [6, 6.07) is 0.694. The van der Waals surface area contributed by atoms with E-state index in [0.717, 1.165) is 0 Å². The molecule has 2 heterocycles. The molecule has 13 heteroatoms. The zero-order valence-corrected chi connectivity index (χ0v) is 24.0. The van der Waals surface area contributed by atoms with E-state index in [4.69, 9.17) is 4.74 Å². The zero-order valence-electron chi connectivity index (χ0n) is 22.3. The second-order valence-electron chi connectivity index (χ2n) is 11.5. The highest BCUT2D eigenvalue weighted by Gasteiger charge is 2.41. The maximum Gasteiger partial charge on any atom is 0.408 e. The maximum absolute atomic E-state index is 13.8. The van der Waals surface area contributed by atoms with Crippen LogP contribution in [0.2, 0.25) is 0 Å². The molecule has 2 aromatic heterocycles. The number of hydrogen-bond donors (Lipinski definition) is 2. The lowest BCUT2D eigenvalue weighted by Gasteiger charge is -2.33. The number of fused-ring (bicyclic) bond motifs is 1. The van der Waals surface area contributed by atoms with Gasteiger partial charge >= 0.3 is 6.09 Å². The predicted molar refractivity (Wildman–Crippen MR) is 140 cm³/mol. The molecule has 0 radical (unpaired) electrons. The lowest BCUT2D eigenvalue weighted by Crippen LogP contribution is -2.42. The molecule has 4 atom stereocenters. The van der Waals surface area contributed by atoms with E-state index in [1.165, 1.54) is 4.52 Å². The molecule has 0 aliphatic heterocycles. The van der Waals surface area contributed by atoms with E-state index in [9.17, 15) is 22.7 Å². The largest absolute Gasteiger partial charge is 0.569 e. The van der Waals surface area contributed by atoms with Crippen molar-refractivity contribution in [3.8, 4) is 0 Å². The first-order chi connectivity index (χ1) is 16.9. The average molecular weight is 562 g/mol. The van der Waals surface area contributed by atoms with Crippen molar-refractivity contribution in [3.05, 3.63) is 29.7 Å². The van der Waals surface area contributed by atoms with Gasteiger partial charge in [-0.05, 0) is 78.9 Å². The van der Waals surface area contributed by atoms with Crippen LogP contribution in [0.1, 0.15) is 97.5 Å². The van der Waals surface area contributed by atoms with Crippen LogP contribution in [0.15, 0.2) is 18.5 Å².